The quantitative estimate of drug-likeness (QED) is 0.458. The maximum Gasteiger partial charge on any atom is 0.420 e. The summed E-state index contributed by atoms with van der Waals surface area (Å²) in [6.07, 6.45) is -4.85. The molecule has 134 valence electrons. The minimum atomic E-state index is -4.85. The van der Waals surface area contributed by atoms with Gasteiger partial charge in [0, 0.05) is 6.07 Å². The number of hydrogen-bond acceptors (Lipinski definition) is 5. The van der Waals surface area contributed by atoms with Gasteiger partial charge in [-0.1, -0.05) is 12.1 Å². The highest BCUT2D eigenvalue weighted by Gasteiger charge is 2.37. The molecule has 0 aliphatic carbocycles. The minimum absolute atomic E-state index is 0.414. The summed E-state index contributed by atoms with van der Waals surface area (Å²) in [5, 5.41) is 11.1. The molecule has 0 unspecified atom stereocenters. The molecule has 0 spiro atoms. The third-order valence-electron chi connectivity index (χ3n) is 3.43. The van der Waals surface area contributed by atoms with Gasteiger partial charge >= 0.3 is 16.3 Å². The molecule has 0 bridgehead atoms. The van der Waals surface area contributed by atoms with Gasteiger partial charge in [0.15, 0.2) is 10.6 Å². The first kappa shape index (κ1) is 18.7. The maximum atomic E-state index is 13.0. The Hall–Kier alpha value is -2.62. The van der Waals surface area contributed by atoms with Crippen LogP contribution in [0.3, 0.4) is 0 Å². The van der Waals surface area contributed by atoms with E-state index in [1.165, 1.54) is 6.92 Å². The standard InChI is InChI=1S/C15H12F3NO5S/c1-9-7-12(19(20)21)14(8-10(9)2)25(22,23)24-13-6-4-3-5-11(13)15(16,17)18/h3-8H,1-2H3. The van der Waals surface area contributed by atoms with Crippen molar-refractivity contribution in [2.45, 2.75) is 24.9 Å². The van der Waals surface area contributed by atoms with Crippen LogP contribution in [0.2, 0.25) is 0 Å². The lowest BCUT2D eigenvalue weighted by molar-refractivity contribution is -0.387. The molecule has 0 heterocycles. The number of benzene rings is 2. The van der Waals surface area contributed by atoms with E-state index in [4.69, 9.17) is 0 Å². The fourth-order valence-electron chi connectivity index (χ4n) is 2.05. The van der Waals surface area contributed by atoms with E-state index in [0.29, 0.717) is 17.2 Å². The summed E-state index contributed by atoms with van der Waals surface area (Å²) in [6, 6.07) is 5.74. The summed E-state index contributed by atoms with van der Waals surface area (Å²) in [5.74, 6) is -0.956. The molecule has 0 aliphatic heterocycles. The Balaban J connectivity index is 2.60. The van der Waals surface area contributed by atoms with E-state index in [0.717, 1.165) is 30.3 Å². The number of nitrogens with zero attached hydrogens (tertiary/aromatic N) is 1. The molecule has 0 radical (unpaired) electrons. The van der Waals surface area contributed by atoms with Gasteiger partial charge in [0.1, 0.15) is 0 Å². The Bertz CT molecular complexity index is 939. The van der Waals surface area contributed by atoms with Crippen molar-refractivity contribution in [3.05, 3.63) is 63.2 Å². The van der Waals surface area contributed by atoms with Crippen LogP contribution in [0.5, 0.6) is 5.75 Å². The van der Waals surface area contributed by atoms with E-state index in [1.807, 2.05) is 0 Å². The lowest BCUT2D eigenvalue weighted by atomic mass is 10.1. The molecule has 0 atom stereocenters. The molecule has 2 rings (SSSR count). The number of aryl methyl sites for hydroxylation is 2. The van der Waals surface area contributed by atoms with E-state index in [9.17, 15) is 31.7 Å². The van der Waals surface area contributed by atoms with Crippen molar-refractivity contribution >= 4 is 15.8 Å². The summed E-state index contributed by atoms with van der Waals surface area (Å²) in [7, 11) is -4.85. The van der Waals surface area contributed by atoms with Crippen molar-refractivity contribution in [3.63, 3.8) is 0 Å². The molecular formula is C15H12F3NO5S. The van der Waals surface area contributed by atoms with Crippen LogP contribution in [0.1, 0.15) is 16.7 Å². The normalized spacial score (nSPS) is 12.0. The van der Waals surface area contributed by atoms with Crippen LogP contribution in [0, 0.1) is 24.0 Å². The fraction of sp³-hybridized carbons (Fsp3) is 0.200. The summed E-state index contributed by atoms with van der Waals surface area (Å²) in [4.78, 5) is 9.38. The molecule has 0 fully saturated rings. The van der Waals surface area contributed by atoms with Crippen molar-refractivity contribution in [1.29, 1.82) is 0 Å². The van der Waals surface area contributed by atoms with Crippen molar-refractivity contribution in [2.75, 3.05) is 0 Å². The monoisotopic (exact) mass is 375 g/mol. The van der Waals surface area contributed by atoms with Gasteiger partial charge in [0.05, 0.1) is 10.5 Å². The molecule has 25 heavy (non-hydrogen) atoms. The van der Waals surface area contributed by atoms with Crippen LogP contribution < -0.4 is 4.18 Å². The topological polar surface area (TPSA) is 86.5 Å². The number of para-hydroxylation sites is 1. The van der Waals surface area contributed by atoms with Gasteiger partial charge in [0.25, 0.3) is 5.69 Å². The van der Waals surface area contributed by atoms with Crippen LogP contribution in [-0.4, -0.2) is 13.3 Å². The largest absolute Gasteiger partial charge is 0.420 e. The third-order valence-corrected chi connectivity index (χ3v) is 4.70. The number of halogens is 3. The van der Waals surface area contributed by atoms with Gasteiger partial charge < -0.3 is 4.18 Å². The van der Waals surface area contributed by atoms with Crippen molar-refractivity contribution in [1.82, 2.24) is 0 Å². The predicted molar refractivity (Wildman–Crippen MR) is 81.8 cm³/mol. The minimum Gasteiger partial charge on any atom is -0.378 e. The van der Waals surface area contributed by atoms with Crippen LogP contribution in [0.25, 0.3) is 0 Å². The highest BCUT2D eigenvalue weighted by molar-refractivity contribution is 7.87. The molecule has 0 saturated heterocycles. The molecule has 2 aromatic rings. The van der Waals surface area contributed by atoms with Crippen molar-refractivity contribution in [3.8, 4) is 5.75 Å². The zero-order valence-corrected chi connectivity index (χ0v) is 13.8. The predicted octanol–water partition coefficient (Wildman–Crippen LogP) is 4.00. The second-order valence-electron chi connectivity index (χ2n) is 5.19. The van der Waals surface area contributed by atoms with E-state index in [1.54, 1.807) is 6.92 Å². The van der Waals surface area contributed by atoms with Gasteiger partial charge in [-0.05, 0) is 43.2 Å². The number of nitro groups is 1. The second-order valence-corrected chi connectivity index (χ2v) is 6.71. The van der Waals surface area contributed by atoms with Crippen molar-refractivity contribution in [2.24, 2.45) is 0 Å². The third kappa shape index (κ3) is 3.90. The van der Waals surface area contributed by atoms with E-state index < -0.39 is 43.1 Å². The number of hydrogen-bond donors (Lipinski definition) is 0. The van der Waals surface area contributed by atoms with Crippen LogP contribution in [0.15, 0.2) is 41.3 Å². The summed E-state index contributed by atoms with van der Waals surface area (Å²) < 4.78 is 68.2. The number of alkyl halides is 3. The Labute approximate surface area is 141 Å². The Morgan fingerprint density at radius 2 is 1.64 bits per heavy atom. The average molecular weight is 375 g/mol. The summed E-state index contributed by atoms with van der Waals surface area (Å²) in [6.45, 7) is 3.06. The molecule has 10 heteroatoms. The summed E-state index contributed by atoms with van der Waals surface area (Å²) >= 11 is 0. The Morgan fingerprint density at radius 3 is 2.20 bits per heavy atom. The average Bonchev–Trinajstić information content (AvgIpc) is 2.48. The van der Waals surface area contributed by atoms with Gasteiger partial charge in [-0.25, -0.2) is 0 Å². The summed E-state index contributed by atoms with van der Waals surface area (Å²) in [5.41, 5.74) is -1.20. The maximum absolute atomic E-state index is 13.0. The van der Waals surface area contributed by atoms with Crippen molar-refractivity contribution < 1.29 is 30.7 Å². The Kier molecular flexibility index (Phi) is 4.76. The molecule has 0 aromatic heterocycles. The highest BCUT2D eigenvalue weighted by Crippen LogP contribution is 2.38. The zero-order chi connectivity index (χ0) is 19.0. The molecule has 0 amide bonds. The first-order chi connectivity index (χ1) is 11.4. The zero-order valence-electron chi connectivity index (χ0n) is 13.0. The van der Waals surface area contributed by atoms with E-state index in [2.05, 4.69) is 4.18 Å². The smallest absolute Gasteiger partial charge is 0.378 e. The van der Waals surface area contributed by atoms with Crippen LogP contribution in [0.4, 0.5) is 18.9 Å². The lowest BCUT2D eigenvalue weighted by Crippen LogP contribution is -2.16. The molecule has 0 aliphatic rings. The van der Waals surface area contributed by atoms with Gasteiger partial charge in [-0.15, -0.1) is 0 Å². The highest BCUT2D eigenvalue weighted by atomic mass is 32.2. The number of rotatable bonds is 4. The SMILES string of the molecule is Cc1cc([N+](=O)[O-])c(S(=O)(=O)Oc2ccccc2C(F)(F)F)cc1C. The van der Waals surface area contributed by atoms with Gasteiger partial charge in [-0.2, -0.15) is 21.6 Å². The van der Waals surface area contributed by atoms with Crippen LogP contribution in [-0.2, 0) is 16.3 Å². The molecule has 6 nitrogen and oxygen atoms in total. The number of nitro benzene ring substituents is 1. The van der Waals surface area contributed by atoms with E-state index >= 15 is 0 Å². The molecule has 2 aromatic carbocycles. The van der Waals surface area contributed by atoms with Gasteiger partial charge in [0.2, 0.25) is 0 Å². The fourth-order valence-corrected chi connectivity index (χ4v) is 3.24. The van der Waals surface area contributed by atoms with Crippen LogP contribution >= 0.6 is 0 Å². The Morgan fingerprint density at radius 1 is 1.08 bits per heavy atom. The first-order valence-corrected chi connectivity index (χ1v) is 8.20. The van der Waals surface area contributed by atoms with E-state index in [-0.39, 0.29) is 0 Å². The molecule has 0 N–H and O–H groups in total. The lowest BCUT2D eigenvalue weighted by Gasteiger charge is -2.14. The first-order valence-electron chi connectivity index (χ1n) is 6.80. The second kappa shape index (κ2) is 6.36. The van der Waals surface area contributed by atoms with Gasteiger partial charge in [-0.3, -0.25) is 10.1 Å². The molecule has 0 saturated carbocycles. The molecular weight excluding hydrogens is 363 g/mol.